The van der Waals surface area contributed by atoms with E-state index in [1.165, 1.54) is 51.4 Å². The van der Waals surface area contributed by atoms with Crippen molar-refractivity contribution in [2.45, 2.75) is 95.8 Å². The predicted octanol–water partition coefficient (Wildman–Crippen LogP) is 9.08. The molecule has 180 valence electrons. The van der Waals surface area contributed by atoms with Gasteiger partial charge in [-0.2, -0.15) is 0 Å². The number of benzene rings is 1. The zero-order valence-corrected chi connectivity index (χ0v) is 18.7. The van der Waals surface area contributed by atoms with E-state index in [1.807, 2.05) is 6.08 Å². The van der Waals surface area contributed by atoms with Crippen LogP contribution in [0, 0.1) is 29.4 Å². The Kier molecular flexibility index (Phi) is 9.01. The van der Waals surface area contributed by atoms with Crippen LogP contribution in [0.2, 0.25) is 0 Å². The summed E-state index contributed by atoms with van der Waals surface area (Å²) < 4.78 is 68.6. The van der Waals surface area contributed by atoms with Crippen LogP contribution < -0.4 is 4.74 Å². The van der Waals surface area contributed by atoms with Crippen molar-refractivity contribution >= 4 is 0 Å². The number of unbranched alkanes of at least 4 members (excludes halogenated alkanes) is 1. The van der Waals surface area contributed by atoms with Crippen molar-refractivity contribution in [3.05, 3.63) is 42.0 Å². The summed E-state index contributed by atoms with van der Waals surface area (Å²) in [4.78, 5) is 0. The standard InChI is InChI=1S/C26H35F5O/c1-2-3-4-5-18-6-8-19(9-7-18)10-11-20-12-14-21(15-13-20)22-16-23(27)25(24(28)17-22)32-26(29,30)31/h2,16-21H,1,3-15H2. The van der Waals surface area contributed by atoms with Gasteiger partial charge in [-0.05, 0) is 79.9 Å². The topological polar surface area (TPSA) is 9.23 Å². The molecule has 0 atom stereocenters. The normalized spacial score (nSPS) is 26.7. The molecule has 32 heavy (non-hydrogen) atoms. The number of ether oxygens (including phenoxy) is 1. The lowest BCUT2D eigenvalue weighted by Gasteiger charge is -2.32. The Morgan fingerprint density at radius 1 is 0.812 bits per heavy atom. The summed E-state index contributed by atoms with van der Waals surface area (Å²) in [6, 6.07) is 2.01. The minimum atomic E-state index is -5.12. The molecule has 0 spiro atoms. The van der Waals surface area contributed by atoms with E-state index >= 15 is 0 Å². The molecule has 3 rings (SSSR count). The van der Waals surface area contributed by atoms with Gasteiger partial charge in [0.25, 0.3) is 0 Å². The second-order valence-electron chi connectivity index (χ2n) is 9.76. The molecule has 0 aliphatic heterocycles. The van der Waals surface area contributed by atoms with Crippen LogP contribution in [0.4, 0.5) is 22.0 Å². The molecule has 0 N–H and O–H groups in total. The molecule has 1 nitrogen and oxygen atoms in total. The second kappa shape index (κ2) is 11.5. The highest BCUT2D eigenvalue weighted by atomic mass is 19.4. The number of allylic oxidation sites excluding steroid dienone is 1. The van der Waals surface area contributed by atoms with Gasteiger partial charge in [-0.3, -0.25) is 0 Å². The molecule has 0 saturated heterocycles. The van der Waals surface area contributed by atoms with E-state index < -0.39 is 23.7 Å². The van der Waals surface area contributed by atoms with E-state index in [0.717, 1.165) is 56.1 Å². The van der Waals surface area contributed by atoms with E-state index in [1.54, 1.807) is 0 Å². The number of rotatable bonds is 9. The summed E-state index contributed by atoms with van der Waals surface area (Å²) in [5, 5.41) is 0. The number of halogens is 5. The van der Waals surface area contributed by atoms with Gasteiger partial charge in [0.2, 0.25) is 5.75 Å². The highest BCUT2D eigenvalue weighted by Gasteiger charge is 2.35. The fourth-order valence-corrected chi connectivity index (χ4v) is 5.64. The monoisotopic (exact) mass is 458 g/mol. The number of alkyl halides is 3. The average Bonchev–Trinajstić information content (AvgIpc) is 2.75. The molecule has 2 aliphatic carbocycles. The van der Waals surface area contributed by atoms with Crippen molar-refractivity contribution in [2.24, 2.45) is 17.8 Å². The maximum Gasteiger partial charge on any atom is 0.573 e. The lowest BCUT2D eigenvalue weighted by molar-refractivity contribution is -0.276. The van der Waals surface area contributed by atoms with E-state index in [9.17, 15) is 22.0 Å². The van der Waals surface area contributed by atoms with Gasteiger partial charge >= 0.3 is 6.36 Å². The Labute approximate surface area is 188 Å². The van der Waals surface area contributed by atoms with Crippen LogP contribution in [0.15, 0.2) is 24.8 Å². The predicted molar refractivity (Wildman–Crippen MR) is 116 cm³/mol. The molecule has 2 fully saturated rings. The summed E-state index contributed by atoms with van der Waals surface area (Å²) in [6.45, 7) is 3.79. The molecule has 2 aliphatic rings. The van der Waals surface area contributed by atoms with Crippen molar-refractivity contribution in [1.29, 1.82) is 0 Å². The quantitative estimate of drug-likeness (QED) is 0.204. The Morgan fingerprint density at radius 2 is 1.28 bits per heavy atom. The minimum absolute atomic E-state index is 0.0128. The van der Waals surface area contributed by atoms with Gasteiger partial charge < -0.3 is 4.74 Å². The highest BCUT2D eigenvalue weighted by molar-refractivity contribution is 5.33. The van der Waals surface area contributed by atoms with Crippen LogP contribution >= 0.6 is 0 Å². The molecule has 0 heterocycles. The van der Waals surface area contributed by atoms with E-state index in [0.29, 0.717) is 11.5 Å². The van der Waals surface area contributed by atoms with E-state index in [2.05, 4.69) is 11.3 Å². The van der Waals surface area contributed by atoms with Crippen molar-refractivity contribution in [1.82, 2.24) is 0 Å². The summed E-state index contributed by atoms with van der Waals surface area (Å²) >= 11 is 0. The third-order valence-corrected chi connectivity index (χ3v) is 7.53. The van der Waals surface area contributed by atoms with Crippen molar-refractivity contribution in [3.63, 3.8) is 0 Å². The molecule has 0 aromatic heterocycles. The maximum absolute atomic E-state index is 14.0. The molecular weight excluding hydrogens is 423 g/mol. The summed E-state index contributed by atoms with van der Waals surface area (Å²) in [6.07, 6.45) is 12.1. The van der Waals surface area contributed by atoms with Gasteiger partial charge in [0, 0.05) is 0 Å². The number of hydrogen-bond acceptors (Lipinski definition) is 1. The van der Waals surface area contributed by atoms with Gasteiger partial charge in [0.05, 0.1) is 0 Å². The molecule has 0 radical (unpaired) electrons. The molecule has 6 heteroatoms. The van der Waals surface area contributed by atoms with Gasteiger partial charge in [-0.15, -0.1) is 19.8 Å². The fraction of sp³-hybridized carbons (Fsp3) is 0.692. The lowest BCUT2D eigenvalue weighted by Crippen LogP contribution is -2.20. The van der Waals surface area contributed by atoms with Crippen LogP contribution in [0.3, 0.4) is 0 Å². The third-order valence-electron chi connectivity index (χ3n) is 7.53. The Bertz CT molecular complexity index is 705. The first-order valence-electron chi connectivity index (χ1n) is 12.1. The summed E-state index contributed by atoms with van der Waals surface area (Å²) in [5.41, 5.74) is 0.433. The largest absolute Gasteiger partial charge is 0.573 e. The van der Waals surface area contributed by atoms with E-state index in [4.69, 9.17) is 0 Å². The van der Waals surface area contributed by atoms with Gasteiger partial charge in [-0.1, -0.05) is 51.0 Å². The van der Waals surface area contributed by atoms with Crippen LogP contribution in [-0.2, 0) is 0 Å². The highest BCUT2D eigenvalue weighted by Crippen LogP contribution is 2.41. The van der Waals surface area contributed by atoms with Gasteiger partial charge in [-0.25, -0.2) is 8.78 Å². The van der Waals surface area contributed by atoms with Crippen molar-refractivity contribution < 1.29 is 26.7 Å². The third kappa shape index (κ3) is 7.48. The fourth-order valence-electron chi connectivity index (χ4n) is 5.64. The summed E-state index contributed by atoms with van der Waals surface area (Å²) in [7, 11) is 0. The molecule has 1 aromatic rings. The molecule has 0 bridgehead atoms. The van der Waals surface area contributed by atoms with Crippen LogP contribution in [-0.4, -0.2) is 6.36 Å². The molecule has 1 aromatic carbocycles. The van der Waals surface area contributed by atoms with Crippen LogP contribution in [0.25, 0.3) is 0 Å². The first kappa shape index (κ1) is 25.0. The molecule has 2 saturated carbocycles. The first-order chi connectivity index (χ1) is 15.2. The number of hydrogen-bond donors (Lipinski definition) is 0. The minimum Gasteiger partial charge on any atom is -0.399 e. The van der Waals surface area contributed by atoms with Crippen molar-refractivity contribution in [2.75, 3.05) is 0 Å². The van der Waals surface area contributed by atoms with Crippen LogP contribution in [0.1, 0.15) is 95.0 Å². The van der Waals surface area contributed by atoms with E-state index in [-0.39, 0.29) is 5.92 Å². The molecule has 0 amide bonds. The average molecular weight is 459 g/mol. The zero-order chi connectivity index (χ0) is 23.1. The Hall–Kier alpha value is -1.59. The lowest BCUT2D eigenvalue weighted by atomic mass is 9.74. The SMILES string of the molecule is C=CCCCC1CCC(CCC2CCC(c3cc(F)c(OC(F)(F)F)c(F)c3)CC2)CC1. The van der Waals surface area contributed by atoms with Crippen molar-refractivity contribution in [3.8, 4) is 5.75 Å². The molecule has 0 unspecified atom stereocenters. The van der Waals surface area contributed by atoms with Gasteiger partial charge in [0.1, 0.15) is 0 Å². The molecular formula is C26H35F5O. The Morgan fingerprint density at radius 3 is 1.75 bits per heavy atom. The second-order valence-corrected chi connectivity index (χ2v) is 9.76. The zero-order valence-electron chi connectivity index (χ0n) is 18.7. The Balaban J connectivity index is 1.41. The van der Waals surface area contributed by atoms with Gasteiger partial charge in [0.15, 0.2) is 11.6 Å². The maximum atomic E-state index is 14.0. The smallest absolute Gasteiger partial charge is 0.399 e. The summed E-state index contributed by atoms with van der Waals surface area (Å²) in [5.74, 6) is -1.62. The van der Waals surface area contributed by atoms with Crippen LogP contribution in [0.5, 0.6) is 5.75 Å². The first-order valence-corrected chi connectivity index (χ1v) is 12.1.